The van der Waals surface area contributed by atoms with E-state index in [1.807, 2.05) is 0 Å². The molecule has 8 nitrogen and oxygen atoms in total. The fraction of sp³-hybridized carbons (Fsp3) is 0.824. The van der Waals surface area contributed by atoms with Crippen LogP contribution in [0.2, 0.25) is 0 Å². The van der Waals surface area contributed by atoms with Crippen LogP contribution in [0.5, 0.6) is 46.0 Å². The zero-order valence-electron chi connectivity index (χ0n) is 97.4. The van der Waals surface area contributed by atoms with E-state index in [4.69, 9.17) is 37.9 Å². The van der Waals surface area contributed by atoms with Gasteiger partial charge in [0.2, 0.25) is 0 Å². The minimum atomic E-state index is 0.635. The van der Waals surface area contributed by atoms with E-state index in [1.54, 1.807) is 0 Å². The maximum atomic E-state index is 7.41. The topological polar surface area (TPSA) is 73.8 Å². The summed E-state index contributed by atoms with van der Waals surface area (Å²) < 4.78 is 59.3. The van der Waals surface area contributed by atoms with Gasteiger partial charge in [0.1, 0.15) is 0 Å². The fourth-order valence-electron chi connectivity index (χ4n) is 21.9. The van der Waals surface area contributed by atoms with E-state index in [0.717, 1.165) is 193 Å². The number of unbranched alkanes of at least 4 members (excludes halogenated alkanes) is 88. The molecule has 144 heavy (non-hydrogen) atoms. The number of ether oxygens (including phenoxy) is 8. The lowest BCUT2D eigenvalue weighted by Crippen LogP contribution is -2.08. The summed E-state index contributed by atoms with van der Waals surface area (Å²) in [5, 5.41) is 0. The normalized spacial score (nSPS) is 11.7. The van der Waals surface area contributed by atoms with Crippen LogP contribution in [0.1, 0.15) is 672 Å². The molecule has 5 rings (SSSR count). The summed E-state index contributed by atoms with van der Waals surface area (Å²) in [7, 11) is 0. The summed E-state index contributed by atoms with van der Waals surface area (Å²) in [6.07, 6.45) is 125. The highest BCUT2D eigenvalue weighted by atomic mass is 16.5. The van der Waals surface area contributed by atoms with Crippen LogP contribution in [-0.2, 0) is 0 Å². The first-order chi connectivity index (χ1) is 71.5. The summed E-state index contributed by atoms with van der Waals surface area (Å²) in [5.41, 5.74) is 8.82. The molecular weight excluding hydrogens is 1760 g/mol. The Kier molecular flexibility index (Phi) is 88.1. The molecular formula is C136H240O8. The molecule has 0 saturated heterocycles. The highest BCUT2D eigenvalue weighted by molar-refractivity contribution is 6.06. The monoisotopic (exact) mass is 2000 g/mol. The SMILES string of the molecule is CCCCCCCCCCCCCCOc1cc2c(cc1OCCCCCCCCCCCCCC)-c1cc(OCCCCCCCCCCCCCC)c(OCCCCCCCCCCCCCC)cc1-c1cc(OCCCCCCCCCCCCCC)c(OCCCCCCCCCCCCCC)cc1-c1cc(OCCCCCCCCCCCCCC)c(OCCCCCCCCCCCCCC)cc1-2. The number of hydrogen-bond acceptors (Lipinski definition) is 8. The average molecular weight is 2000 g/mol. The van der Waals surface area contributed by atoms with Crippen molar-refractivity contribution in [2.45, 2.75) is 672 Å². The first-order valence-corrected chi connectivity index (χ1v) is 65.2. The first-order valence-electron chi connectivity index (χ1n) is 65.2. The van der Waals surface area contributed by atoms with Gasteiger partial charge in [-0.3, -0.25) is 0 Å². The molecule has 0 N–H and O–H groups in total. The third kappa shape index (κ3) is 66.9. The van der Waals surface area contributed by atoms with E-state index in [-0.39, 0.29) is 0 Å². The minimum absolute atomic E-state index is 0.635. The summed E-state index contributed by atoms with van der Waals surface area (Å²) in [6.45, 7) is 23.7. The fourth-order valence-corrected chi connectivity index (χ4v) is 21.9. The summed E-state index contributed by atoms with van der Waals surface area (Å²) in [4.78, 5) is 0. The van der Waals surface area contributed by atoms with Crippen LogP contribution >= 0.6 is 0 Å². The molecule has 1 aliphatic rings. The second kappa shape index (κ2) is 97.7. The molecule has 4 aromatic carbocycles. The lowest BCUT2D eigenvalue weighted by molar-refractivity contribution is 0.258. The molecule has 0 atom stereocenters. The zero-order valence-corrected chi connectivity index (χ0v) is 97.4. The molecule has 0 heterocycles. The van der Waals surface area contributed by atoms with Crippen LogP contribution in [0.3, 0.4) is 0 Å². The average Bonchev–Trinajstić information content (AvgIpc) is 0.724. The van der Waals surface area contributed by atoms with E-state index in [0.29, 0.717) is 52.9 Å². The van der Waals surface area contributed by atoms with Crippen molar-refractivity contribution in [2.24, 2.45) is 0 Å². The van der Waals surface area contributed by atoms with Crippen LogP contribution in [0.4, 0.5) is 0 Å². The summed E-state index contributed by atoms with van der Waals surface area (Å²) in [5.74, 6) is 6.62. The van der Waals surface area contributed by atoms with Crippen LogP contribution in [0.15, 0.2) is 48.5 Å². The van der Waals surface area contributed by atoms with Crippen molar-refractivity contribution in [2.75, 3.05) is 52.9 Å². The summed E-state index contributed by atoms with van der Waals surface area (Å²) >= 11 is 0. The number of fused-ring (bicyclic) bond motifs is 8. The molecule has 832 valence electrons. The van der Waals surface area contributed by atoms with Gasteiger partial charge in [-0.1, -0.05) is 620 Å². The van der Waals surface area contributed by atoms with E-state index < -0.39 is 0 Å². The second-order valence-corrected chi connectivity index (χ2v) is 45.3. The number of benzene rings is 4. The van der Waals surface area contributed by atoms with E-state index in [1.165, 1.54) is 514 Å². The third-order valence-electron chi connectivity index (χ3n) is 31.5. The largest absolute Gasteiger partial charge is 0.490 e. The van der Waals surface area contributed by atoms with Gasteiger partial charge in [0.25, 0.3) is 0 Å². The predicted molar refractivity (Wildman–Crippen MR) is 634 cm³/mol. The Balaban J connectivity index is 1.79. The molecule has 0 aliphatic heterocycles. The van der Waals surface area contributed by atoms with Gasteiger partial charge in [0.15, 0.2) is 46.0 Å². The number of hydrogen-bond donors (Lipinski definition) is 0. The van der Waals surface area contributed by atoms with Crippen molar-refractivity contribution in [3.05, 3.63) is 48.5 Å². The molecule has 0 saturated carbocycles. The van der Waals surface area contributed by atoms with Crippen LogP contribution in [-0.4, -0.2) is 52.9 Å². The number of rotatable bonds is 112. The van der Waals surface area contributed by atoms with E-state index in [9.17, 15) is 0 Å². The Morgan fingerprint density at radius 1 is 0.0903 bits per heavy atom. The van der Waals surface area contributed by atoms with Crippen LogP contribution in [0.25, 0.3) is 44.5 Å². The zero-order chi connectivity index (χ0) is 102. The van der Waals surface area contributed by atoms with Gasteiger partial charge in [0, 0.05) is 0 Å². The predicted octanol–water partition coefficient (Wildman–Crippen LogP) is 47.3. The Bertz CT molecular complexity index is 2750. The van der Waals surface area contributed by atoms with Gasteiger partial charge in [-0.15, -0.1) is 0 Å². The quantitative estimate of drug-likeness (QED) is 0.0357. The lowest BCUT2D eigenvalue weighted by atomic mass is 9.80. The molecule has 0 radical (unpaired) electrons. The minimum Gasteiger partial charge on any atom is -0.490 e. The van der Waals surface area contributed by atoms with Crippen molar-refractivity contribution in [1.29, 1.82) is 0 Å². The van der Waals surface area contributed by atoms with Crippen LogP contribution < -0.4 is 37.9 Å². The van der Waals surface area contributed by atoms with Crippen molar-refractivity contribution in [3.8, 4) is 90.5 Å². The van der Waals surface area contributed by atoms with Gasteiger partial charge in [-0.25, -0.2) is 0 Å². The molecule has 0 unspecified atom stereocenters. The van der Waals surface area contributed by atoms with Gasteiger partial charge >= 0.3 is 0 Å². The molecule has 4 aromatic rings. The summed E-state index contributed by atoms with van der Waals surface area (Å²) in [6, 6.07) is 19.3. The molecule has 0 aromatic heterocycles. The van der Waals surface area contributed by atoms with E-state index >= 15 is 0 Å². The molecule has 0 amide bonds. The molecule has 0 bridgehead atoms. The highest BCUT2D eigenvalue weighted by Crippen LogP contribution is 2.57. The van der Waals surface area contributed by atoms with E-state index in [2.05, 4.69) is 104 Å². The Morgan fingerprint density at radius 3 is 0.222 bits per heavy atom. The van der Waals surface area contributed by atoms with Gasteiger partial charge in [0.05, 0.1) is 52.9 Å². The molecule has 0 fully saturated rings. The maximum Gasteiger partial charge on any atom is 0.161 e. The van der Waals surface area contributed by atoms with Crippen molar-refractivity contribution < 1.29 is 37.9 Å². The van der Waals surface area contributed by atoms with Crippen molar-refractivity contribution in [1.82, 2.24) is 0 Å². The van der Waals surface area contributed by atoms with Crippen molar-refractivity contribution >= 4 is 0 Å². The Labute approximate surface area is 895 Å². The van der Waals surface area contributed by atoms with Gasteiger partial charge in [-0.05, 0) is 144 Å². The Morgan fingerprint density at radius 2 is 0.153 bits per heavy atom. The molecule has 0 spiro atoms. The van der Waals surface area contributed by atoms with Gasteiger partial charge < -0.3 is 37.9 Å². The second-order valence-electron chi connectivity index (χ2n) is 45.3. The lowest BCUT2D eigenvalue weighted by Gasteiger charge is -2.28. The highest BCUT2D eigenvalue weighted by Gasteiger charge is 2.31. The van der Waals surface area contributed by atoms with Gasteiger partial charge in [-0.2, -0.15) is 0 Å². The Hall–Kier alpha value is -4.72. The molecule has 1 aliphatic carbocycles. The standard InChI is InChI=1S/C136H240O8/c1-9-17-25-33-41-49-57-65-73-81-89-97-105-137-129-113-121-122(114-130(129)138-106-98-90-82-74-66-58-50-42-34-26-18-10-2)124-116-132(140-108-100-92-84-76-68-60-52-44-36-28-20-12-4)134(142-110-102-94-86-78-70-62-54-46-38-30-22-14-6)118-126(124)128-120-136(144-112-104-96-88-80-72-64-56-48-40-32-24-16-8)135(143-111-103-95-87-79-71-63-55-47-39-31-23-15-7)119-127(128)125-117-133(141-109-101-93-85-77-69-61-53-45-37-29-21-13-5)131(115-123(121)125)139-107-99-91-83-75-67-59-51-43-35-27-19-11-3/h113-120H,9-112H2,1-8H3. The molecule has 8 heteroatoms. The van der Waals surface area contributed by atoms with Crippen LogP contribution in [0, 0.1) is 0 Å². The smallest absolute Gasteiger partial charge is 0.161 e. The first kappa shape index (κ1) is 130. The van der Waals surface area contributed by atoms with Crippen molar-refractivity contribution in [3.63, 3.8) is 0 Å². The maximum absolute atomic E-state index is 7.41. The third-order valence-corrected chi connectivity index (χ3v) is 31.5.